The number of ether oxygens (including phenoxy) is 1. The molecule has 5 nitrogen and oxygen atoms in total. The van der Waals surface area contributed by atoms with E-state index in [2.05, 4.69) is 6.07 Å². The molecule has 0 heterocycles. The Hall–Kier alpha value is -3.31. The Balaban J connectivity index is 2.10. The summed E-state index contributed by atoms with van der Waals surface area (Å²) in [5.74, 6) is 0.431. The fourth-order valence-electron chi connectivity index (χ4n) is 2.73. The molecule has 2 atom stereocenters. The average molecular weight is 347 g/mol. The molecule has 0 N–H and O–H groups in total. The second kappa shape index (κ2) is 8.69. The molecule has 0 spiro atoms. The van der Waals surface area contributed by atoms with Gasteiger partial charge in [0.15, 0.2) is 6.10 Å². The molecule has 0 bridgehead atoms. The third kappa shape index (κ3) is 4.40. The van der Waals surface area contributed by atoms with Crippen molar-refractivity contribution in [3.8, 4) is 17.9 Å². The highest BCUT2D eigenvalue weighted by atomic mass is 16.5. The molecule has 2 aromatic rings. The second-order valence-electron chi connectivity index (χ2n) is 5.93. The number of rotatable bonds is 6. The molecule has 0 radical (unpaired) electrons. The van der Waals surface area contributed by atoms with Gasteiger partial charge in [0.05, 0.1) is 29.3 Å². The normalized spacial score (nSPS) is 12.3. The summed E-state index contributed by atoms with van der Waals surface area (Å²) in [5.41, 5.74) is 2.10. The van der Waals surface area contributed by atoms with Gasteiger partial charge in [-0.25, -0.2) is 0 Å². The van der Waals surface area contributed by atoms with E-state index >= 15 is 0 Å². The van der Waals surface area contributed by atoms with Gasteiger partial charge in [-0.1, -0.05) is 12.1 Å². The Labute approximate surface area is 154 Å². The molecule has 2 rings (SSSR count). The zero-order valence-electron chi connectivity index (χ0n) is 15.1. The van der Waals surface area contributed by atoms with Gasteiger partial charge in [0.2, 0.25) is 0 Å². The minimum atomic E-state index is -0.649. The number of carbonyl (C=O) groups is 1. The molecule has 0 fully saturated rings. The van der Waals surface area contributed by atoms with Crippen LogP contribution < -0.4 is 4.74 Å². The van der Waals surface area contributed by atoms with Crippen molar-refractivity contribution >= 4 is 5.91 Å². The Morgan fingerprint density at radius 1 is 1.00 bits per heavy atom. The zero-order chi connectivity index (χ0) is 19.1. The quantitative estimate of drug-likeness (QED) is 0.796. The topological polar surface area (TPSA) is 77.1 Å². The van der Waals surface area contributed by atoms with E-state index in [1.807, 2.05) is 32.0 Å². The maximum Gasteiger partial charge on any atom is 0.263 e. The fourth-order valence-corrected chi connectivity index (χ4v) is 2.73. The van der Waals surface area contributed by atoms with Gasteiger partial charge in [0, 0.05) is 6.54 Å². The SMILES string of the molecule is CCN(C(=O)C(C)Oc1ccc(C#N)cc1)C(C)c1ccc(C#N)cc1. The molecule has 2 unspecified atom stereocenters. The van der Waals surface area contributed by atoms with E-state index in [-0.39, 0.29) is 11.9 Å². The summed E-state index contributed by atoms with van der Waals surface area (Å²) in [6.07, 6.45) is -0.649. The number of hydrogen-bond acceptors (Lipinski definition) is 4. The molecule has 2 aromatic carbocycles. The van der Waals surface area contributed by atoms with E-state index < -0.39 is 6.10 Å². The van der Waals surface area contributed by atoms with Crippen LogP contribution in [0.15, 0.2) is 48.5 Å². The number of hydrogen-bond donors (Lipinski definition) is 0. The van der Waals surface area contributed by atoms with Crippen LogP contribution in [0.5, 0.6) is 5.75 Å². The first-order valence-electron chi connectivity index (χ1n) is 8.47. The molecule has 0 saturated carbocycles. The van der Waals surface area contributed by atoms with Gasteiger partial charge in [-0.05, 0) is 62.7 Å². The lowest BCUT2D eigenvalue weighted by Crippen LogP contribution is -2.41. The van der Waals surface area contributed by atoms with Gasteiger partial charge in [-0.15, -0.1) is 0 Å². The first-order chi connectivity index (χ1) is 12.5. The van der Waals surface area contributed by atoms with Gasteiger partial charge in [-0.2, -0.15) is 10.5 Å². The van der Waals surface area contributed by atoms with E-state index in [1.165, 1.54) is 0 Å². The number of benzene rings is 2. The average Bonchev–Trinajstić information content (AvgIpc) is 2.68. The zero-order valence-corrected chi connectivity index (χ0v) is 15.1. The van der Waals surface area contributed by atoms with Crippen LogP contribution in [-0.2, 0) is 4.79 Å². The summed E-state index contributed by atoms with van der Waals surface area (Å²) in [7, 11) is 0. The summed E-state index contributed by atoms with van der Waals surface area (Å²) >= 11 is 0. The molecular weight excluding hydrogens is 326 g/mol. The number of amides is 1. The van der Waals surface area contributed by atoms with Crippen molar-refractivity contribution in [2.75, 3.05) is 6.54 Å². The molecule has 26 heavy (non-hydrogen) atoms. The standard InChI is InChI=1S/C21H21N3O2/c1-4-24(15(2)19-9-5-17(13-22)6-10-19)21(25)16(3)26-20-11-7-18(14-23)8-12-20/h5-12,15-16H,4H2,1-3H3. The minimum Gasteiger partial charge on any atom is -0.481 e. The first kappa shape index (κ1) is 19.0. The molecule has 132 valence electrons. The van der Waals surface area contributed by atoms with E-state index in [1.54, 1.807) is 48.2 Å². The van der Waals surface area contributed by atoms with Crippen molar-refractivity contribution in [3.05, 3.63) is 65.2 Å². The van der Waals surface area contributed by atoms with Crippen molar-refractivity contribution in [1.29, 1.82) is 10.5 Å². The predicted molar refractivity (Wildman–Crippen MR) is 98.2 cm³/mol. The van der Waals surface area contributed by atoms with Crippen LogP contribution in [0.3, 0.4) is 0 Å². The lowest BCUT2D eigenvalue weighted by molar-refractivity contribution is -0.140. The third-order valence-electron chi connectivity index (χ3n) is 4.26. The second-order valence-corrected chi connectivity index (χ2v) is 5.93. The lowest BCUT2D eigenvalue weighted by atomic mass is 10.0. The van der Waals surface area contributed by atoms with Crippen LogP contribution in [0, 0.1) is 22.7 Å². The smallest absolute Gasteiger partial charge is 0.263 e. The number of nitriles is 2. The number of nitrogens with zero attached hydrogens (tertiary/aromatic N) is 3. The largest absolute Gasteiger partial charge is 0.481 e. The Bertz CT molecular complexity index is 830. The van der Waals surface area contributed by atoms with E-state index in [9.17, 15) is 4.79 Å². The molecule has 1 amide bonds. The highest BCUT2D eigenvalue weighted by molar-refractivity contribution is 5.81. The van der Waals surface area contributed by atoms with E-state index in [4.69, 9.17) is 15.3 Å². The molecule has 0 aliphatic heterocycles. The van der Waals surface area contributed by atoms with Gasteiger partial charge in [0.1, 0.15) is 5.75 Å². The van der Waals surface area contributed by atoms with Crippen LogP contribution >= 0.6 is 0 Å². The van der Waals surface area contributed by atoms with Crippen LogP contribution in [0.25, 0.3) is 0 Å². The Morgan fingerprint density at radius 2 is 1.50 bits per heavy atom. The van der Waals surface area contributed by atoms with E-state index in [0.29, 0.717) is 23.4 Å². The molecule has 0 aliphatic rings. The molecular formula is C21H21N3O2. The van der Waals surface area contributed by atoms with Crippen molar-refractivity contribution in [2.24, 2.45) is 0 Å². The minimum absolute atomic E-state index is 0.117. The van der Waals surface area contributed by atoms with Crippen LogP contribution in [-0.4, -0.2) is 23.5 Å². The monoisotopic (exact) mass is 347 g/mol. The lowest BCUT2D eigenvalue weighted by Gasteiger charge is -2.31. The summed E-state index contributed by atoms with van der Waals surface area (Å²) in [5, 5.41) is 17.7. The van der Waals surface area contributed by atoms with Crippen molar-refractivity contribution in [1.82, 2.24) is 4.90 Å². The van der Waals surface area contributed by atoms with E-state index in [0.717, 1.165) is 5.56 Å². The maximum absolute atomic E-state index is 12.8. The van der Waals surface area contributed by atoms with Gasteiger partial charge in [0.25, 0.3) is 5.91 Å². The fraction of sp³-hybridized carbons (Fsp3) is 0.286. The van der Waals surface area contributed by atoms with Gasteiger partial charge < -0.3 is 9.64 Å². The van der Waals surface area contributed by atoms with Crippen molar-refractivity contribution in [3.63, 3.8) is 0 Å². The van der Waals surface area contributed by atoms with Crippen LogP contribution in [0.2, 0.25) is 0 Å². The molecule has 0 aliphatic carbocycles. The number of carbonyl (C=O) groups excluding carboxylic acids is 1. The van der Waals surface area contributed by atoms with Gasteiger partial charge >= 0.3 is 0 Å². The Morgan fingerprint density at radius 3 is 1.96 bits per heavy atom. The van der Waals surface area contributed by atoms with Gasteiger partial charge in [-0.3, -0.25) is 4.79 Å². The highest BCUT2D eigenvalue weighted by Gasteiger charge is 2.26. The van der Waals surface area contributed by atoms with Crippen molar-refractivity contribution < 1.29 is 9.53 Å². The summed E-state index contributed by atoms with van der Waals surface area (Å²) < 4.78 is 5.74. The maximum atomic E-state index is 12.8. The predicted octanol–water partition coefficient (Wildman–Crippen LogP) is 3.81. The summed E-state index contributed by atoms with van der Waals surface area (Å²) in [4.78, 5) is 14.6. The first-order valence-corrected chi connectivity index (χ1v) is 8.47. The molecule has 0 saturated heterocycles. The highest BCUT2D eigenvalue weighted by Crippen LogP contribution is 2.22. The van der Waals surface area contributed by atoms with Crippen LogP contribution in [0.1, 0.15) is 43.5 Å². The van der Waals surface area contributed by atoms with Crippen molar-refractivity contribution in [2.45, 2.75) is 32.9 Å². The Kier molecular flexibility index (Phi) is 6.36. The third-order valence-corrected chi connectivity index (χ3v) is 4.26. The number of likely N-dealkylation sites (N-methyl/N-ethyl adjacent to an activating group) is 1. The van der Waals surface area contributed by atoms with Crippen LogP contribution in [0.4, 0.5) is 0 Å². The molecule has 0 aromatic heterocycles. The summed E-state index contributed by atoms with van der Waals surface area (Å²) in [6.45, 7) is 6.14. The summed E-state index contributed by atoms with van der Waals surface area (Å²) in [6, 6.07) is 17.9. The molecule has 5 heteroatoms.